The molecule has 0 aliphatic carbocycles. The van der Waals surface area contributed by atoms with Crippen molar-refractivity contribution in [3.05, 3.63) is 42.5 Å². The number of rotatable bonds is 5. The van der Waals surface area contributed by atoms with Crippen LogP contribution in [0.25, 0.3) is 10.8 Å². The first-order valence-electron chi connectivity index (χ1n) is 8.54. The summed E-state index contributed by atoms with van der Waals surface area (Å²) in [6.45, 7) is 2.56. The maximum Gasteiger partial charge on any atom is 0.260 e. The Morgan fingerprint density at radius 1 is 0.920 bits per heavy atom. The van der Waals surface area contributed by atoms with Gasteiger partial charge in [-0.3, -0.25) is 9.59 Å². The van der Waals surface area contributed by atoms with Crippen LogP contribution in [-0.4, -0.2) is 60.9 Å². The maximum absolute atomic E-state index is 12.3. The van der Waals surface area contributed by atoms with Crippen LogP contribution < -0.4 is 10.5 Å². The third-order valence-electron chi connectivity index (χ3n) is 4.43. The van der Waals surface area contributed by atoms with Gasteiger partial charge in [-0.05, 0) is 22.9 Å². The Morgan fingerprint density at radius 3 is 2.24 bits per heavy atom. The van der Waals surface area contributed by atoms with Crippen LogP contribution in [0, 0.1) is 0 Å². The lowest BCUT2D eigenvalue weighted by molar-refractivity contribution is -0.140. The van der Waals surface area contributed by atoms with E-state index in [1.54, 1.807) is 9.80 Å². The highest BCUT2D eigenvalue weighted by Crippen LogP contribution is 2.20. The van der Waals surface area contributed by atoms with Gasteiger partial charge in [-0.25, -0.2) is 0 Å². The number of nitrogens with zero attached hydrogens (tertiary/aromatic N) is 2. The Kier molecular flexibility index (Phi) is 5.50. The molecule has 3 rings (SSSR count). The van der Waals surface area contributed by atoms with Crippen molar-refractivity contribution in [2.45, 2.75) is 6.42 Å². The molecule has 1 saturated heterocycles. The average Bonchev–Trinajstić information content (AvgIpc) is 2.66. The highest BCUT2D eigenvalue weighted by atomic mass is 16.5. The molecule has 132 valence electrons. The van der Waals surface area contributed by atoms with Crippen LogP contribution in [0.1, 0.15) is 6.42 Å². The predicted octanol–water partition coefficient (Wildman–Crippen LogP) is 1.24. The number of piperazine rings is 1. The van der Waals surface area contributed by atoms with Gasteiger partial charge in [-0.15, -0.1) is 0 Å². The summed E-state index contributed by atoms with van der Waals surface area (Å²) in [4.78, 5) is 27.6. The fraction of sp³-hybridized carbons (Fsp3) is 0.368. The summed E-state index contributed by atoms with van der Waals surface area (Å²) in [5, 5.41) is 2.22. The molecule has 0 atom stereocenters. The van der Waals surface area contributed by atoms with E-state index in [9.17, 15) is 9.59 Å². The summed E-state index contributed by atoms with van der Waals surface area (Å²) in [6.07, 6.45) is 0.360. The summed E-state index contributed by atoms with van der Waals surface area (Å²) in [5.74, 6) is 0.685. The first-order valence-corrected chi connectivity index (χ1v) is 8.54. The molecule has 1 aliphatic heterocycles. The van der Waals surface area contributed by atoms with Crippen LogP contribution in [0.5, 0.6) is 5.75 Å². The quantitative estimate of drug-likeness (QED) is 0.888. The van der Waals surface area contributed by atoms with E-state index in [0.29, 0.717) is 44.9 Å². The standard InChI is InChI=1S/C19H23N3O3/c20-8-7-18(23)21-9-11-22(12-10-21)19(24)14-25-17-6-5-15-3-1-2-4-16(15)13-17/h1-6,13H,7-12,14,20H2. The molecule has 6 heteroatoms. The van der Waals surface area contributed by atoms with Gasteiger partial charge in [0.1, 0.15) is 5.75 Å². The summed E-state index contributed by atoms with van der Waals surface area (Å²) < 4.78 is 5.65. The number of fused-ring (bicyclic) bond motifs is 1. The van der Waals surface area contributed by atoms with E-state index in [-0.39, 0.29) is 18.4 Å². The van der Waals surface area contributed by atoms with E-state index in [4.69, 9.17) is 10.5 Å². The predicted molar refractivity (Wildman–Crippen MR) is 96.3 cm³/mol. The smallest absolute Gasteiger partial charge is 0.260 e. The average molecular weight is 341 g/mol. The van der Waals surface area contributed by atoms with Crippen molar-refractivity contribution in [2.75, 3.05) is 39.3 Å². The second kappa shape index (κ2) is 7.98. The monoisotopic (exact) mass is 341 g/mol. The molecular weight excluding hydrogens is 318 g/mol. The molecule has 0 saturated carbocycles. The zero-order valence-electron chi connectivity index (χ0n) is 14.2. The van der Waals surface area contributed by atoms with E-state index in [2.05, 4.69) is 0 Å². The third kappa shape index (κ3) is 4.28. The zero-order chi connectivity index (χ0) is 17.6. The minimum atomic E-state index is -0.0564. The molecule has 0 aromatic heterocycles. The first-order chi connectivity index (χ1) is 12.2. The Morgan fingerprint density at radius 2 is 1.56 bits per heavy atom. The van der Waals surface area contributed by atoms with E-state index in [1.807, 2.05) is 42.5 Å². The largest absolute Gasteiger partial charge is 0.484 e. The number of hydrogen-bond acceptors (Lipinski definition) is 4. The van der Waals surface area contributed by atoms with Gasteiger partial charge in [0.05, 0.1) is 0 Å². The van der Waals surface area contributed by atoms with Crippen molar-refractivity contribution in [3.63, 3.8) is 0 Å². The van der Waals surface area contributed by atoms with Gasteiger partial charge in [0, 0.05) is 39.1 Å². The van der Waals surface area contributed by atoms with E-state index >= 15 is 0 Å². The molecule has 6 nitrogen and oxygen atoms in total. The van der Waals surface area contributed by atoms with Crippen LogP contribution in [0.15, 0.2) is 42.5 Å². The number of carbonyl (C=O) groups excluding carboxylic acids is 2. The van der Waals surface area contributed by atoms with Crippen LogP contribution >= 0.6 is 0 Å². The van der Waals surface area contributed by atoms with Gasteiger partial charge >= 0.3 is 0 Å². The Labute approximate surface area is 147 Å². The highest BCUT2D eigenvalue weighted by Gasteiger charge is 2.23. The lowest BCUT2D eigenvalue weighted by Crippen LogP contribution is -2.51. The SMILES string of the molecule is NCCC(=O)N1CCN(C(=O)COc2ccc3ccccc3c2)CC1. The summed E-state index contributed by atoms with van der Waals surface area (Å²) >= 11 is 0. The fourth-order valence-corrected chi connectivity index (χ4v) is 2.98. The highest BCUT2D eigenvalue weighted by molar-refractivity contribution is 5.84. The zero-order valence-corrected chi connectivity index (χ0v) is 14.2. The molecule has 0 unspecified atom stereocenters. The fourth-order valence-electron chi connectivity index (χ4n) is 2.98. The van der Waals surface area contributed by atoms with Crippen LogP contribution in [0.3, 0.4) is 0 Å². The minimum Gasteiger partial charge on any atom is -0.484 e. The molecule has 1 aliphatic rings. The molecule has 0 bridgehead atoms. The Hall–Kier alpha value is -2.60. The van der Waals surface area contributed by atoms with E-state index in [0.717, 1.165) is 10.8 Å². The molecule has 2 aromatic carbocycles. The molecule has 0 radical (unpaired) electrons. The first kappa shape index (κ1) is 17.2. The molecule has 1 fully saturated rings. The van der Waals surface area contributed by atoms with E-state index in [1.165, 1.54) is 0 Å². The van der Waals surface area contributed by atoms with Gasteiger partial charge in [-0.1, -0.05) is 30.3 Å². The van der Waals surface area contributed by atoms with Gasteiger partial charge in [-0.2, -0.15) is 0 Å². The van der Waals surface area contributed by atoms with Gasteiger partial charge in [0.15, 0.2) is 6.61 Å². The molecule has 25 heavy (non-hydrogen) atoms. The van der Waals surface area contributed by atoms with Gasteiger partial charge in [0.25, 0.3) is 5.91 Å². The van der Waals surface area contributed by atoms with Crippen molar-refractivity contribution in [3.8, 4) is 5.75 Å². The third-order valence-corrected chi connectivity index (χ3v) is 4.43. The Bertz CT molecular complexity index is 754. The van der Waals surface area contributed by atoms with Gasteiger partial charge < -0.3 is 20.3 Å². The van der Waals surface area contributed by atoms with Crippen LogP contribution in [-0.2, 0) is 9.59 Å². The topological polar surface area (TPSA) is 75.9 Å². The summed E-state index contributed by atoms with van der Waals surface area (Å²) in [6, 6.07) is 13.8. The van der Waals surface area contributed by atoms with Crippen molar-refractivity contribution < 1.29 is 14.3 Å². The number of carbonyl (C=O) groups is 2. The molecule has 2 aromatic rings. The number of nitrogens with two attached hydrogens (primary N) is 1. The normalized spacial score (nSPS) is 14.6. The number of ether oxygens (including phenoxy) is 1. The second-order valence-electron chi connectivity index (χ2n) is 6.10. The Balaban J connectivity index is 1.50. The van der Waals surface area contributed by atoms with Crippen molar-refractivity contribution in [1.82, 2.24) is 9.80 Å². The summed E-state index contributed by atoms with van der Waals surface area (Å²) in [5.41, 5.74) is 5.41. The van der Waals surface area contributed by atoms with E-state index < -0.39 is 0 Å². The van der Waals surface area contributed by atoms with Crippen molar-refractivity contribution in [2.24, 2.45) is 5.73 Å². The van der Waals surface area contributed by atoms with Crippen LogP contribution in [0.4, 0.5) is 0 Å². The number of hydrogen-bond donors (Lipinski definition) is 1. The molecule has 0 spiro atoms. The van der Waals surface area contributed by atoms with Gasteiger partial charge in [0.2, 0.25) is 5.91 Å². The number of benzene rings is 2. The lowest BCUT2D eigenvalue weighted by Gasteiger charge is -2.34. The molecular formula is C19H23N3O3. The van der Waals surface area contributed by atoms with Crippen molar-refractivity contribution in [1.29, 1.82) is 0 Å². The van der Waals surface area contributed by atoms with Crippen molar-refractivity contribution >= 4 is 22.6 Å². The minimum absolute atomic E-state index is 0.00901. The summed E-state index contributed by atoms with van der Waals surface area (Å²) in [7, 11) is 0. The molecule has 1 heterocycles. The maximum atomic E-state index is 12.3. The molecule has 2 N–H and O–H groups in total. The number of amides is 2. The second-order valence-corrected chi connectivity index (χ2v) is 6.10. The molecule has 2 amide bonds. The lowest BCUT2D eigenvalue weighted by atomic mass is 10.1. The van der Waals surface area contributed by atoms with Crippen LogP contribution in [0.2, 0.25) is 0 Å².